The molecule has 0 aliphatic heterocycles. The van der Waals surface area contributed by atoms with Crippen molar-refractivity contribution in [2.45, 2.75) is 38.8 Å². The number of nitrogens with one attached hydrogen (secondary N) is 2. The van der Waals surface area contributed by atoms with Crippen molar-refractivity contribution in [3.63, 3.8) is 0 Å². The Balaban J connectivity index is 1.80. The third-order valence-electron chi connectivity index (χ3n) is 3.73. The summed E-state index contributed by atoms with van der Waals surface area (Å²) < 4.78 is 0. The number of amides is 2. The number of thiazole rings is 1. The Hall–Kier alpha value is -2.00. The van der Waals surface area contributed by atoms with E-state index in [1.807, 2.05) is 11.8 Å². The van der Waals surface area contributed by atoms with Gasteiger partial charge in [0.1, 0.15) is 5.69 Å². The van der Waals surface area contributed by atoms with E-state index in [0.717, 1.165) is 12.8 Å². The van der Waals surface area contributed by atoms with Gasteiger partial charge in [-0.3, -0.25) is 19.3 Å². The van der Waals surface area contributed by atoms with Gasteiger partial charge >= 0.3 is 5.97 Å². The lowest BCUT2D eigenvalue weighted by molar-refractivity contribution is -0.139. The molecule has 126 valence electrons. The highest BCUT2D eigenvalue weighted by molar-refractivity contribution is 7.14. The third-order valence-corrected chi connectivity index (χ3v) is 4.49. The summed E-state index contributed by atoms with van der Waals surface area (Å²) in [6.07, 6.45) is 1.46. The molecule has 9 heteroatoms. The van der Waals surface area contributed by atoms with Crippen LogP contribution < -0.4 is 10.6 Å². The van der Waals surface area contributed by atoms with Gasteiger partial charge in [-0.1, -0.05) is 6.92 Å². The first-order valence-electron chi connectivity index (χ1n) is 7.38. The number of aromatic nitrogens is 1. The molecule has 0 radical (unpaired) electrons. The number of nitrogens with zero attached hydrogens (tertiary/aromatic N) is 2. The normalized spacial score (nSPS) is 20.0. The molecule has 0 saturated heterocycles. The maximum Gasteiger partial charge on any atom is 0.317 e. The molecule has 23 heavy (non-hydrogen) atoms. The molecule has 0 aromatic carbocycles. The zero-order valence-electron chi connectivity index (χ0n) is 13.0. The summed E-state index contributed by atoms with van der Waals surface area (Å²) in [6, 6.07) is 0.216. The smallest absolute Gasteiger partial charge is 0.317 e. The Bertz CT molecular complexity index is 597. The fourth-order valence-electron chi connectivity index (χ4n) is 2.52. The molecule has 1 aliphatic carbocycles. The maximum atomic E-state index is 12.1. The van der Waals surface area contributed by atoms with Crippen molar-refractivity contribution in [1.82, 2.24) is 15.2 Å². The van der Waals surface area contributed by atoms with Gasteiger partial charge in [0.25, 0.3) is 5.91 Å². The SMILES string of the molecule is CCN(CC(=O)O)C1CC(NC(=O)c2csc(NC(C)=O)n2)C1. The van der Waals surface area contributed by atoms with E-state index in [0.29, 0.717) is 11.7 Å². The summed E-state index contributed by atoms with van der Waals surface area (Å²) in [4.78, 5) is 39.8. The molecular formula is C14H20N4O4S. The van der Waals surface area contributed by atoms with Crippen molar-refractivity contribution in [3.05, 3.63) is 11.1 Å². The zero-order chi connectivity index (χ0) is 17.0. The molecule has 1 saturated carbocycles. The van der Waals surface area contributed by atoms with E-state index in [1.165, 1.54) is 18.3 Å². The molecule has 1 aromatic rings. The number of hydrogen-bond donors (Lipinski definition) is 3. The van der Waals surface area contributed by atoms with Gasteiger partial charge in [0.15, 0.2) is 5.13 Å². The molecule has 0 spiro atoms. The van der Waals surface area contributed by atoms with Crippen LogP contribution >= 0.6 is 11.3 Å². The Labute approximate surface area is 137 Å². The molecule has 0 bridgehead atoms. The molecule has 1 fully saturated rings. The lowest BCUT2D eigenvalue weighted by Crippen LogP contribution is -2.54. The largest absolute Gasteiger partial charge is 0.480 e. The predicted molar refractivity (Wildman–Crippen MR) is 85.6 cm³/mol. The predicted octanol–water partition coefficient (Wildman–Crippen LogP) is 0.769. The molecule has 2 amide bonds. The number of carboxylic acids is 1. The van der Waals surface area contributed by atoms with E-state index < -0.39 is 5.97 Å². The minimum Gasteiger partial charge on any atom is -0.480 e. The summed E-state index contributed by atoms with van der Waals surface area (Å²) in [5, 5.41) is 16.3. The highest BCUT2D eigenvalue weighted by Gasteiger charge is 2.35. The summed E-state index contributed by atoms with van der Waals surface area (Å²) >= 11 is 1.20. The maximum absolute atomic E-state index is 12.1. The van der Waals surface area contributed by atoms with E-state index >= 15 is 0 Å². The molecule has 0 atom stereocenters. The average Bonchev–Trinajstić information content (AvgIpc) is 2.87. The molecular weight excluding hydrogens is 320 g/mol. The molecule has 1 aromatic heterocycles. The van der Waals surface area contributed by atoms with Crippen LogP contribution in [0.2, 0.25) is 0 Å². The van der Waals surface area contributed by atoms with Crippen LogP contribution in [0.5, 0.6) is 0 Å². The summed E-state index contributed by atoms with van der Waals surface area (Å²) in [6.45, 7) is 4.00. The van der Waals surface area contributed by atoms with Crippen LogP contribution in [0.25, 0.3) is 0 Å². The van der Waals surface area contributed by atoms with Crippen molar-refractivity contribution < 1.29 is 19.5 Å². The number of rotatable bonds is 7. The highest BCUT2D eigenvalue weighted by Crippen LogP contribution is 2.26. The first kappa shape index (κ1) is 17.4. The van der Waals surface area contributed by atoms with Crippen LogP contribution in [0.4, 0.5) is 5.13 Å². The highest BCUT2D eigenvalue weighted by atomic mass is 32.1. The van der Waals surface area contributed by atoms with Crippen molar-refractivity contribution >= 4 is 34.3 Å². The molecule has 3 N–H and O–H groups in total. The van der Waals surface area contributed by atoms with Gasteiger partial charge in [-0.2, -0.15) is 0 Å². The quantitative estimate of drug-likeness (QED) is 0.676. The number of anilines is 1. The second kappa shape index (κ2) is 7.51. The Morgan fingerprint density at radius 2 is 2.13 bits per heavy atom. The van der Waals surface area contributed by atoms with Gasteiger partial charge in [0, 0.05) is 24.4 Å². The Kier molecular flexibility index (Phi) is 5.67. The number of carboxylic acid groups (broad SMARTS) is 1. The number of likely N-dealkylation sites (N-methyl/N-ethyl adjacent to an activating group) is 1. The van der Waals surface area contributed by atoms with Crippen LogP contribution in [0.3, 0.4) is 0 Å². The Morgan fingerprint density at radius 3 is 2.70 bits per heavy atom. The third kappa shape index (κ3) is 4.73. The second-order valence-electron chi connectivity index (χ2n) is 5.47. The minimum atomic E-state index is -0.840. The van der Waals surface area contributed by atoms with Gasteiger partial charge in [-0.15, -0.1) is 11.3 Å². The standard InChI is InChI=1S/C14H20N4O4S/c1-3-18(6-12(20)21)10-4-9(5-10)16-13(22)11-7-23-14(17-11)15-8(2)19/h7,9-10H,3-6H2,1-2H3,(H,16,22)(H,20,21)(H,15,17,19). The summed E-state index contributed by atoms with van der Waals surface area (Å²) in [7, 11) is 0. The van der Waals surface area contributed by atoms with E-state index in [2.05, 4.69) is 15.6 Å². The van der Waals surface area contributed by atoms with Crippen molar-refractivity contribution in [3.8, 4) is 0 Å². The average molecular weight is 340 g/mol. The van der Waals surface area contributed by atoms with Gasteiger partial charge in [0.2, 0.25) is 5.91 Å². The molecule has 8 nitrogen and oxygen atoms in total. The summed E-state index contributed by atoms with van der Waals surface area (Å²) in [5.41, 5.74) is 0.278. The monoisotopic (exact) mass is 340 g/mol. The summed E-state index contributed by atoms with van der Waals surface area (Å²) in [5.74, 6) is -1.35. The fraction of sp³-hybridized carbons (Fsp3) is 0.571. The lowest BCUT2D eigenvalue weighted by Gasteiger charge is -2.42. The number of aliphatic carboxylic acids is 1. The van der Waals surface area contributed by atoms with E-state index in [9.17, 15) is 14.4 Å². The van der Waals surface area contributed by atoms with Crippen molar-refractivity contribution in [1.29, 1.82) is 0 Å². The van der Waals surface area contributed by atoms with Crippen LogP contribution in [-0.2, 0) is 9.59 Å². The van der Waals surface area contributed by atoms with Crippen LogP contribution in [0, 0.1) is 0 Å². The van der Waals surface area contributed by atoms with Gasteiger partial charge in [-0.05, 0) is 19.4 Å². The molecule has 1 heterocycles. The fourth-order valence-corrected chi connectivity index (χ4v) is 3.26. The van der Waals surface area contributed by atoms with Crippen LogP contribution in [0.15, 0.2) is 5.38 Å². The first-order valence-corrected chi connectivity index (χ1v) is 8.26. The van der Waals surface area contributed by atoms with Crippen LogP contribution in [0.1, 0.15) is 37.2 Å². The van der Waals surface area contributed by atoms with Gasteiger partial charge in [0.05, 0.1) is 6.54 Å². The minimum absolute atomic E-state index is 0.0218. The van der Waals surface area contributed by atoms with Crippen LogP contribution in [-0.4, -0.2) is 57.9 Å². The number of carbonyl (C=O) groups is 3. The topological polar surface area (TPSA) is 112 Å². The van der Waals surface area contributed by atoms with Crippen molar-refractivity contribution in [2.75, 3.05) is 18.4 Å². The van der Waals surface area contributed by atoms with Crippen molar-refractivity contribution in [2.24, 2.45) is 0 Å². The Morgan fingerprint density at radius 1 is 1.43 bits per heavy atom. The first-order chi connectivity index (χ1) is 10.9. The molecule has 1 aliphatic rings. The van der Waals surface area contributed by atoms with E-state index in [-0.39, 0.29) is 36.1 Å². The zero-order valence-corrected chi connectivity index (χ0v) is 13.9. The van der Waals surface area contributed by atoms with Gasteiger partial charge < -0.3 is 15.7 Å². The van der Waals surface area contributed by atoms with Gasteiger partial charge in [-0.25, -0.2) is 4.98 Å². The van der Waals surface area contributed by atoms with E-state index in [1.54, 1.807) is 5.38 Å². The molecule has 2 rings (SSSR count). The number of hydrogen-bond acceptors (Lipinski definition) is 6. The second-order valence-corrected chi connectivity index (χ2v) is 6.33. The number of carbonyl (C=O) groups excluding carboxylic acids is 2. The molecule has 0 unspecified atom stereocenters. The van der Waals surface area contributed by atoms with E-state index in [4.69, 9.17) is 5.11 Å². The lowest BCUT2D eigenvalue weighted by atomic mass is 9.85.